The number of nitro groups is 1. The summed E-state index contributed by atoms with van der Waals surface area (Å²) < 4.78 is 0. The molecule has 0 aliphatic carbocycles. The molecule has 0 unspecified atom stereocenters. The van der Waals surface area contributed by atoms with Gasteiger partial charge in [0.2, 0.25) is 0 Å². The van der Waals surface area contributed by atoms with Crippen LogP contribution in [0.3, 0.4) is 0 Å². The molecular weight excluding hydrogens is 310 g/mol. The summed E-state index contributed by atoms with van der Waals surface area (Å²) in [6.07, 6.45) is 1.02. The zero-order valence-corrected chi connectivity index (χ0v) is 14.0. The Morgan fingerprint density at radius 3 is 2.22 bits per heavy atom. The van der Waals surface area contributed by atoms with Crippen molar-refractivity contribution in [3.8, 4) is 0 Å². The second-order valence-corrected chi connectivity index (χ2v) is 5.65. The van der Waals surface area contributed by atoms with Gasteiger partial charge in [-0.05, 0) is 41.9 Å². The molecule has 2 aromatic rings. The first-order valence-corrected chi connectivity index (χ1v) is 7.75. The van der Waals surface area contributed by atoms with Crippen molar-refractivity contribution in [3.05, 3.63) is 69.8 Å². The highest BCUT2D eigenvalue weighted by Crippen LogP contribution is 2.16. The molecule has 0 bridgehead atoms. The van der Waals surface area contributed by atoms with Gasteiger partial charge in [-0.25, -0.2) is 0 Å². The van der Waals surface area contributed by atoms with E-state index in [1.807, 2.05) is 11.9 Å². The highest BCUT2D eigenvalue weighted by Gasteiger charge is 2.08. The number of thiocarbonyl (C=S) groups is 1. The predicted octanol–water partition coefficient (Wildman–Crippen LogP) is 3.99. The van der Waals surface area contributed by atoms with Gasteiger partial charge in [-0.15, -0.1) is 0 Å². The van der Waals surface area contributed by atoms with Crippen LogP contribution in [-0.4, -0.2) is 22.0 Å². The van der Waals surface area contributed by atoms with Gasteiger partial charge in [0.25, 0.3) is 5.69 Å². The van der Waals surface area contributed by atoms with Gasteiger partial charge in [0.15, 0.2) is 5.11 Å². The molecule has 0 aliphatic rings. The molecule has 6 heteroatoms. The molecule has 2 rings (SSSR count). The van der Waals surface area contributed by atoms with Crippen LogP contribution in [0.4, 0.5) is 11.4 Å². The molecule has 0 heterocycles. The molecule has 0 saturated heterocycles. The topological polar surface area (TPSA) is 58.4 Å². The molecule has 0 saturated carbocycles. The smallest absolute Gasteiger partial charge is 0.269 e. The van der Waals surface area contributed by atoms with Crippen molar-refractivity contribution >= 4 is 28.7 Å². The number of aryl methyl sites for hydroxylation is 1. The number of nitrogens with one attached hydrogen (secondary N) is 1. The van der Waals surface area contributed by atoms with E-state index in [0.717, 1.165) is 12.1 Å². The van der Waals surface area contributed by atoms with Crippen LogP contribution in [0.15, 0.2) is 48.5 Å². The number of nitrogens with zero attached hydrogens (tertiary/aromatic N) is 2. The van der Waals surface area contributed by atoms with E-state index in [1.165, 1.54) is 23.3 Å². The molecule has 0 fully saturated rings. The second-order valence-electron chi connectivity index (χ2n) is 5.26. The van der Waals surface area contributed by atoms with Gasteiger partial charge < -0.3 is 10.2 Å². The predicted molar refractivity (Wildman–Crippen MR) is 96.6 cm³/mol. The third kappa shape index (κ3) is 4.75. The largest absolute Gasteiger partial charge is 0.348 e. The Balaban J connectivity index is 1.94. The summed E-state index contributed by atoms with van der Waals surface area (Å²) in [5.74, 6) is 0. The van der Waals surface area contributed by atoms with Crippen molar-refractivity contribution in [1.82, 2.24) is 4.90 Å². The summed E-state index contributed by atoms with van der Waals surface area (Å²) in [6.45, 7) is 2.83. The zero-order valence-electron chi connectivity index (χ0n) is 13.2. The molecule has 0 aliphatic heterocycles. The SMILES string of the molecule is CCc1ccc(CN(C)C(=S)Nc2ccc([N+](=O)[O-])cc2)cc1. The summed E-state index contributed by atoms with van der Waals surface area (Å²) in [6, 6.07) is 14.6. The van der Waals surface area contributed by atoms with E-state index >= 15 is 0 Å². The zero-order chi connectivity index (χ0) is 16.8. The van der Waals surface area contributed by atoms with Crippen LogP contribution >= 0.6 is 12.2 Å². The third-order valence-corrected chi connectivity index (χ3v) is 3.94. The van der Waals surface area contributed by atoms with Crippen LogP contribution in [0.2, 0.25) is 0 Å². The Hall–Kier alpha value is -2.47. The molecule has 0 spiro atoms. The number of hydrogen-bond acceptors (Lipinski definition) is 3. The van der Waals surface area contributed by atoms with E-state index in [0.29, 0.717) is 11.7 Å². The summed E-state index contributed by atoms with van der Waals surface area (Å²) in [7, 11) is 1.91. The van der Waals surface area contributed by atoms with E-state index in [-0.39, 0.29) is 5.69 Å². The lowest BCUT2D eigenvalue weighted by molar-refractivity contribution is -0.384. The maximum atomic E-state index is 10.6. The highest BCUT2D eigenvalue weighted by molar-refractivity contribution is 7.80. The third-order valence-electron chi connectivity index (χ3n) is 3.53. The first kappa shape index (κ1) is 16.9. The Bertz CT molecular complexity index is 684. The van der Waals surface area contributed by atoms with Crippen molar-refractivity contribution in [3.63, 3.8) is 0 Å². The molecule has 1 N–H and O–H groups in total. The van der Waals surface area contributed by atoms with Crippen molar-refractivity contribution in [1.29, 1.82) is 0 Å². The van der Waals surface area contributed by atoms with Crippen LogP contribution in [-0.2, 0) is 13.0 Å². The normalized spacial score (nSPS) is 10.2. The molecule has 5 nitrogen and oxygen atoms in total. The molecule has 23 heavy (non-hydrogen) atoms. The van der Waals surface area contributed by atoms with E-state index < -0.39 is 4.92 Å². The minimum absolute atomic E-state index is 0.0610. The highest BCUT2D eigenvalue weighted by atomic mass is 32.1. The molecule has 0 radical (unpaired) electrons. The van der Waals surface area contributed by atoms with Crippen molar-refractivity contribution < 1.29 is 4.92 Å². The van der Waals surface area contributed by atoms with Crippen LogP contribution < -0.4 is 5.32 Å². The van der Waals surface area contributed by atoms with Crippen molar-refractivity contribution in [2.75, 3.05) is 12.4 Å². The van der Waals surface area contributed by atoms with E-state index in [9.17, 15) is 10.1 Å². The number of nitro benzene ring substituents is 1. The van der Waals surface area contributed by atoms with Gasteiger partial charge in [-0.2, -0.15) is 0 Å². The Morgan fingerprint density at radius 1 is 1.13 bits per heavy atom. The number of hydrogen-bond donors (Lipinski definition) is 1. The van der Waals surface area contributed by atoms with Crippen molar-refractivity contribution in [2.45, 2.75) is 19.9 Å². The van der Waals surface area contributed by atoms with Gasteiger partial charge in [0.05, 0.1) is 4.92 Å². The lowest BCUT2D eigenvalue weighted by Crippen LogP contribution is -2.30. The van der Waals surface area contributed by atoms with Crippen LogP contribution in [0.25, 0.3) is 0 Å². The average molecular weight is 329 g/mol. The van der Waals surface area contributed by atoms with Gasteiger partial charge in [0.1, 0.15) is 0 Å². The summed E-state index contributed by atoms with van der Waals surface area (Å²) >= 11 is 5.37. The molecule has 2 aromatic carbocycles. The Labute approximate surface area is 141 Å². The number of anilines is 1. The monoisotopic (exact) mass is 329 g/mol. The number of rotatable bonds is 5. The van der Waals surface area contributed by atoms with Gasteiger partial charge in [0, 0.05) is 31.4 Å². The summed E-state index contributed by atoms with van der Waals surface area (Å²) in [5, 5.41) is 14.3. The average Bonchev–Trinajstić information content (AvgIpc) is 2.56. The van der Waals surface area contributed by atoms with E-state index in [1.54, 1.807) is 12.1 Å². The van der Waals surface area contributed by atoms with E-state index in [4.69, 9.17) is 12.2 Å². The molecule has 0 aromatic heterocycles. The molecule has 120 valence electrons. The maximum absolute atomic E-state index is 10.6. The van der Waals surface area contributed by atoms with Gasteiger partial charge in [-0.3, -0.25) is 10.1 Å². The molecular formula is C17H19N3O2S. The minimum atomic E-state index is -0.422. The second kappa shape index (κ2) is 7.69. The number of benzene rings is 2. The lowest BCUT2D eigenvalue weighted by Gasteiger charge is -2.21. The fourth-order valence-corrected chi connectivity index (χ4v) is 2.29. The minimum Gasteiger partial charge on any atom is -0.348 e. The lowest BCUT2D eigenvalue weighted by atomic mass is 10.1. The molecule has 0 amide bonds. The van der Waals surface area contributed by atoms with Gasteiger partial charge in [-0.1, -0.05) is 31.2 Å². The molecule has 0 atom stereocenters. The van der Waals surface area contributed by atoms with E-state index in [2.05, 4.69) is 36.5 Å². The summed E-state index contributed by atoms with van der Waals surface area (Å²) in [4.78, 5) is 12.1. The first-order chi connectivity index (χ1) is 11.0. The Morgan fingerprint density at radius 2 is 1.70 bits per heavy atom. The number of non-ortho nitro benzene ring substituents is 1. The quantitative estimate of drug-likeness (QED) is 0.511. The van der Waals surface area contributed by atoms with Crippen LogP contribution in [0.1, 0.15) is 18.1 Å². The van der Waals surface area contributed by atoms with Crippen LogP contribution in [0.5, 0.6) is 0 Å². The summed E-state index contributed by atoms with van der Waals surface area (Å²) in [5.41, 5.74) is 3.28. The van der Waals surface area contributed by atoms with Gasteiger partial charge >= 0.3 is 0 Å². The van der Waals surface area contributed by atoms with Crippen molar-refractivity contribution in [2.24, 2.45) is 0 Å². The standard InChI is InChI=1S/C17H19N3O2S/c1-3-13-4-6-14(7-5-13)12-19(2)17(23)18-15-8-10-16(11-9-15)20(21)22/h4-11H,3,12H2,1-2H3,(H,18,23). The Kier molecular flexibility index (Phi) is 5.65. The maximum Gasteiger partial charge on any atom is 0.269 e. The first-order valence-electron chi connectivity index (χ1n) is 7.34. The van der Waals surface area contributed by atoms with Crippen LogP contribution in [0, 0.1) is 10.1 Å². The fraction of sp³-hybridized carbons (Fsp3) is 0.235. The fourth-order valence-electron chi connectivity index (χ4n) is 2.11.